The molecule has 2 fully saturated rings. The molecule has 0 bridgehead atoms. The zero-order valence-corrected chi connectivity index (χ0v) is 17.4. The Morgan fingerprint density at radius 3 is 2.61 bits per heavy atom. The highest BCUT2D eigenvalue weighted by Crippen LogP contribution is 2.22. The molecular formula is C23H25FN4O3. The van der Waals surface area contributed by atoms with Crippen LogP contribution in [0.5, 0.6) is 0 Å². The van der Waals surface area contributed by atoms with Gasteiger partial charge >= 0.3 is 6.03 Å². The average Bonchev–Trinajstić information content (AvgIpc) is 3.00. The molecule has 0 aromatic heterocycles. The van der Waals surface area contributed by atoms with Gasteiger partial charge in [0.05, 0.1) is 0 Å². The van der Waals surface area contributed by atoms with Crippen molar-refractivity contribution < 1.29 is 18.8 Å². The Morgan fingerprint density at radius 1 is 1.06 bits per heavy atom. The monoisotopic (exact) mass is 424 g/mol. The molecule has 0 saturated carbocycles. The van der Waals surface area contributed by atoms with Gasteiger partial charge in [0, 0.05) is 37.4 Å². The molecular weight excluding hydrogens is 399 g/mol. The van der Waals surface area contributed by atoms with Crippen LogP contribution in [0.1, 0.15) is 17.5 Å². The quantitative estimate of drug-likeness (QED) is 0.823. The number of rotatable bonds is 3. The highest BCUT2D eigenvalue weighted by atomic mass is 19.1. The number of halogens is 1. The second-order valence-electron chi connectivity index (χ2n) is 7.90. The van der Waals surface area contributed by atoms with Crippen LogP contribution in [-0.4, -0.2) is 64.8 Å². The molecule has 162 valence electrons. The van der Waals surface area contributed by atoms with Crippen LogP contribution in [0.25, 0.3) is 0 Å². The van der Waals surface area contributed by atoms with Crippen molar-refractivity contribution in [2.75, 3.05) is 31.5 Å². The summed E-state index contributed by atoms with van der Waals surface area (Å²) in [5, 5.41) is 2.74. The van der Waals surface area contributed by atoms with Gasteiger partial charge in [0.2, 0.25) is 11.8 Å². The van der Waals surface area contributed by atoms with Crippen LogP contribution in [-0.2, 0) is 16.1 Å². The van der Waals surface area contributed by atoms with Gasteiger partial charge in [0.25, 0.3) is 0 Å². The Morgan fingerprint density at radius 2 is 1.84 bits per heavy atom. The van der Waals surface area contributed by atoms with E-state index in [1.54, 1.807) is 33.8 Å². The summed E-state index contributed by atoms with van der Waals surface area (Å²) in [5.41, 5.74) is 1.75. The van der Waals surface area contributed by atoms with E-state index in [1.807, 2.05) is 30.3 Å². The zero-order chi connectivity index (χ0) is 22.0. The number of hydrogen-bond acceptors (Lipinski definition) is 3. The molecule has 4 rings (SSSR count). The fourth-order valence-electron chi connectivity index (χ4n) is 4.11. The first-order chi connectivity index (χ1) is 14.9. The maximum absolute atomic E-state index is 13.8. The SMILES string of the molecule is Cc1c(F)cccc1NC(=O)N1CCC2C(=O)N(Cc3ccccc3)CC(=O)N2CC1. The van der Waals surface area contributed by atoms with E-state index in [4.69, 9.17) is 0 Å². The Labute approximate surface area is 180 Å². The lowest BCUT2D eigenvalue weighted by Crippen LogP contribution is -2.59. The number of carbonyl (C=O) groups excluding carboxylic acids is 3. The molecule has 2 aliphatic heterocycles. The van der Waals surface area contributed by atoms with Crippen LogP contribution in [0.3, 0.4) is 0 Å². The number of piperazine rings is 1. The van der Waals surface area contributed by atoms with E-state index in [-0.39, 0.29) is 30.2 Å². The molecule has 2 aromatic carbocycles. The van der Waals surface area contributed by atoms with Crippen LogP contribution in [0.15, 0.2) is 48.5 Å². The van der Waals surface area contributed by atoms with E-state index in [9.17, 15) is 18.8 Å². The van der Waals surface area contributed by atoms with Crippen LogP contribution >= 0.6 is 0 Å². The average molecular weight is 424 g/mol. The Kier molecular flexibility index (Phi) is 5.88. The summed E-state index contributed by atoms with van der Waals surface area (Å²) in [6, 6.07) is 13.2. The fraction of sp³-hybridized carbons (Fsp3) is 0.348. The minimum Gasteiger partial charge on any atom is -0.327 e. The minimum absolute atomic E-state index is 0.0406. The molecule has 2 heterocycles. The molecule has 1 N–H and O–H groups in total. The number of hydrogen-bond donors (Lipinski definition) is 1. The van der Waals surface area contributed by atoms with Gasteiger partial charge in [0.1, 0.15) is 18.4 Å². The van der Waals surface area contributed by atoms with Gasteiger partial charge in [-0.05, 0) is 31.0 Å². The number of nitrogens with zero attached hydrogens (tertiary/aromatic N) is 3. The lowest BCUT2D eigenvalue weighted by atomic mass is 10.1. The third kappa shape index (κ3) is 4.38. The number of urea groups is 1. The number of carbonyl (C=O) groups is 3. The van der Waals surface area contributed by atoms with Crippen molar-refractivity contribution in [1.29, 1.82) is 0 Å². The first-order valence-corrected chi connectivity index (χ1v) is 10.4. The zero-order valence-electron chi connectivity index (χ0n) is 17.4. The van der Waals surface area contributed by atoms with Crippen molar-refractivity contribution in [2.24, 2.45) is 0 Å². The van der Waals surface area contributed by atoms with Gasteiger partial charge in [-0.2, -0.15) is 0 Å². The van der Waals surface area contributed by atoms with Crippen molar-refractivity contribution in [1.82, 2.24) is 14.7 Å². The highest BCUT2D eigenvalue weighted by molar-refractivity contribution is 5.95. The molecule has 7 nitrogen and oxygen atoms in total. The molecule has 0 spiro atoms. The fourth-order valence-corrected chi connectivity index (χ4v) is 4.11. The summed E-state index contributed by atoms with van der Waals surface area (Å²) in [4.78, 5) is 43.3. The van der Waals surface area contributed by atoms with Crippen molar-refractivity contribution in [3.63, 3.8) is 0 Å². The second-order valence-corrected chi connectivity index (χ2v) is 7.90. The van der Waals surface area contributed by atoms with E-state index in [0.29, 0.717) is 43.9 Å². The standard InChI is InChI=1S/C23H25FN4O3/c1-16-18(24)8-5-9-19(16)25-23(31)26-11-10-20-22(30)27(14-17-6-3-2-4-7-17)15-21(29)28(20)13-12-26/h2-9,20H,10-15H2,1H3,(H,25,31). The number of anilines is 1. The molecule has 1 atom stereocenters. The molecule has 1 unspecified atom stereocenters. The summed E-state index contributed by atoms with van der Waals surface area (Å²) in [6.45, 7) is 2.97. The largest absolute Gasteiger partial charge is 0.327 e. The molecule has 0 aliphatic carbocycles. The van der Waals surface area contributed by atoms with Gasteiger partial charge in [-0.15, -0.1) is 0 Å². The van der Waals surface area contributed by atoms with Crippen molar-refractivity contribution in [2.45, 2.75) is 25.9 Å². The lowest BCUT2D eigenvalue weighted by Gasteiger charge is -2.39. The molecule has 2 aromatic rings. The molecule has 31 heavy (non-hydrogen) atoms. The summed E-state index contributed by atoms with van der Waals surface area (Å²) < 4.78 is 13.8. The summed E-state index contributed by atoms with van der Waals surface area (Å²) in [7, 11) is 0. The van der Waals surface area contributed by atoms with Crippen molar-refractivity contribution in [3.8, 4) is 0 Å². The number of nitrogens with one attached hydrogen (secondary N) is 1. The molecule has 0 radical (unpaired) electrons. The predicted molar refractivity (Wildman–Crippen MR) is 114 cm³/mol. The van der Waals surface area contributed by atoms with Gasteiger partial charge in [-0.25, -0.2) is 9.18 Å². The first kappa shape index (κ1) is 20.8. The van der Waals surface area contributed by atoms with Gasteiger partial charge in [-0.3, -0.25) is 9.59 Å². The van der Waals surface area contributed by atoms with Crippen molar-refractivity contribution >= 4 is 23.5 Å². The smallest absolute Gasteiger partial charge is 0.321 e. The van der Waals surface area contributed by atoms with Crippen LogP contribution < -0.4 is 5.32 Å². The maximum Gasteiger partial charge on any atom is 0.321 e. The molecule has 2 aliphatic rings. The number of fused-ring (bicyclic) bond motifs is 1. The Hall–Kier alpha value is -3.42. The van der Waals surface area contributed by atoms with E-state index >= 15 is 0 Å². The second kappa shape index (κ2) is 8.75. The molecule has 8 heteroatoms. The van der Waals surface area contributed by atoms with Crippen molar-refractivity contribution in [3.05, 3.63) is 65.5 Å². The Bertz CT molecular complexity index is 998. The van der Waals surface area contributed by atoms with E-state index in [0.717, 1.165) is 5.56 Å². The summed E-state index contributed by atoms with van der Waals surface area (Å²) in [6.07, 6.45) is 0.366. The van der Waals surface area contributed by atoms with E-state index in [1.165, 1.54) is 6.07 Å². The third-order valence-electron chi connectivity index (χ3n) is 5.92. The summed E-state index contributed by atoms with van der Waals surface area (Å²) in [5.74, 6) is -0.587. The first-order valence-electron chi connectivity index (χ1n) is 10.4. The number of amides is 4. The molecule has 4 amide bonds. The van der Waals surface area contributed by atoms with Gasteiger partial charge in [0.15, 0.2) is 0 Å². The lowest BCUT2D eigenvalue weighted by molar-refractivity contribution is -0.156. The Balaban J connectivity index is 1.43. The topological polar surface area (TPSA) is 73.0 Å². The maximum atomic E-state index is 13.8. The minimum atomic E-state index is -0.571. The highest BCUT2D eigenvalue weighted by Gasteiger charge is 2.41. The summed E-state index contributed by atoms with van der Waals surface area (Å²) >= 11 is 0. The van der Waals surface area contributed by atoms with Crippen LogP contribution in [0.2, 0.25) is 0 Å². The van der Waals surface area contributed by atoms with Gasteiger partial charge in [-0.1, -0.05) is 36.4 Å². The normalized spacial score (nSPS) is 19.2. The number of benzene rings is 2. The van der Waals surface area contributed by atoms with E-state index < -0.39 is 6.04 Å². The van der Waals surface area contributed by atoms with Crippen LogP contribution in [0.4, 0.5) is 14.9 Å². The van der Waals surface area contributed by atoms with Crippen LogP contribution in [0, 0.1) is 12.7 Å². The van der Waals surface area contributed by atoms with E-state index in [2.05, 4.69) is 5.32 Å². The third-order valence-corrected chi connectivity index (χ3v) is 5.92. The predicted octanol–water partition coefficient (Wildman–Crippen LogP) is 2.61. The van der Waals surface area contributed by atoms with Gasteiger partial charge < -0.3 is 20.0 Å². The molecule has 2 saturated heterocycles.